The number of anilines is 2. The lowest BCUT2D eigenvalue weighted by Crippen LogP contribution is -2.32. The minimum absolute atomic E-state index is 0.157. The summed E-state index contributed by atoms with van der Waals surface area (Å²) in [5.74, 6) is -0.293. The highest BCUT2D eigenvalue weighted by Gasteiger charge is 2.17. The van der Waals surface area contributed by atoms with Crippen molar-refractivity contribution in [1.29, 1.82) is 5.41 Å². The fraction of sp³-hybridized carbons (Fsp3) is 0.0833. The summed E-state index contributed by atoms with van der Waals surface area (Å²) in [5, 5.41) is 36.1. The second-order valence-corrected chi connectivity index (χ2v) is 5.58. The van der Waals surface area contributed by atoms with Crippen molar-refractivity contribution >= 4 is 33.4 Å². The number of rotatable bonds is 3. The van der Waals surface area contributed by atoms with E-state index < -0.39 is 5.82 Å². The molecule has 12 heteroatoms. The number of benzene rings is 1. The van der Waals surface area contributed by atoms with Crippen LogP contribution in [0.15, 0.2) is 28.9 Å². The van der Waals surface area contributed by atoms with Crippen LogP contribution < -0.4 is 10.8 Å². The molecule has 0 saturated carbocycles. The van der Waals surface area contributed by atoms with E-state index in [2.05, 4.69) is 41.7 Å². The number of nitrogens with two attached hydrogens (primary N) is 1. The summed E-state index contributed by atoms with van der Waals surface area (Å²) in [5.41, 5.74) is 6.55. The normalized spacial score (nSPS) is 10.8. The van der Waals surface area contributed by atoms with Gasteiger partial charge in [-0.3, -0.25) is 10.6 Å². The van der Waals surface area contributed by atoms with Crippen LogP contribution >= 0.6 is 15.9 Å². The zero-order valence-corrected chi connectivity index (χ0v) is 13.6. The van der Waals surface area contributed by atoms with Gasteiger partial charge >= 0.3 is 0 Å². The molecule has 3 aromatic rings. The van der Waals surface area contributed by atoms with Gasteiger partial charge in [-0.25, -0.2) is 9.07 Å². The lowest BCUT2D eigenvalue weighted by molar-refractivity contribution is 0.306. The number of nitrogen functional groups attached to an aromatic ring is 1. The van der Waals surface area contributed by atoms with Crippen molar-refractivity contribution in [2.24, 2.45) is 0 Å². The molecule has 124 valence electrons. The standard InChI is InChI=1S/C12H11BrFN9O/c13-8-4-7(1-2-9(8)14)23(24)12(16)22-5-6(11(15)19-22)3-10-17-20-21-18-10/h1-2,4-5,16,24H,3H2,(H2,15,19)(H,17,18,20,21). The highest BCUT2D eigenvalue weighted by molar-refractivity contribution is 9.10. The Hall–Kier alpha value is -2.86. The zero-order chi connectivity index (χ0) is 17.3. The third kappa shape index (κ3) is 3.09. The van der Waals surface area contributed by atoms with Crippen LogP contribution in [0, 0.1) is 11.2 Å². The number of aromatic amines is 1. The van der Waals surface area contributed by atoms with E-state index in [-0.39, 0.29) is 28.4 Å². The second kappa shape index (κ2) is 6.33. The molecule has 2 heterocycles. The molecule has 0 aliphatic rings. The summed E-state index contributed by atoms with van der Waals surface area (Å²) in [7, 11) is 0. The van der Waals surface area contributed by atoms with Crippen LogP contribution in [0.5, 0.6) is 0 Å². The first kappa shape index (κ1) is 16.0. The summed E-state index contributed by atoms with van der Waals surface area (Å²) in [6.45, 7) is 0. The van der Waals surface area contributed by atoms with Crippen LogP contribution in [-0.2, 0) is 6.42 Å². The molecule has 0 amide bonds. The first-order chi connectivity index (χ1) is 11.5. The van der Waals surface area contributed by atoms with E-state index in [9.17, 15) is 9.60 Å². The predicted molar refractivity (Wildman–Crippen MR) is 85.1 cm³/mol. The van der Waals surface area contributed by atoms with E-state index in [1.165, 1.54) is 18.3 Å². The topological polar surface area (TPSA) is 146 Å². The Morgan fingerprint density at radius 3 is 2.96 bits per heavy atom. The van der Waals surface area contributed by atoms with E-state index in [4.69, 9.17) is 11.1 Å². The Balaban J connectivity index is 1.83. The van der Waals surface area contributed by atoms with Crippen molar-refractivity contribution in [2.75, 3.05) is 10.8 Å². The molecule has 0 aliphatic heterocycles. The average Bonchev–Trinajstić information content (AvgIpc) is 3.19. The number of hydroxylamine groups is 1. The van der Waals surface area contributed by atoms with Gasteiger partial charge in [0.05, 0.1) is 10.2 Å². The molecule has 0 radical (unpaired) electrons. The minimum atomic E-state index is -0.482. The number of nitrogens with zero attached hydrogens (tertiary/aromatic N) is 6. The van der Waals surface area contributed by atoms with Gasteiger partial charge in [0, 0.05) is 18.2 Å². The van der Waals surface area contributed by atoms with Gasteiger partial charge in [-0.05, 0) is 34.1 Å². The summed E-state index contributed by atoms with van der Waals surface area (Å²) >= 11 is 3.02. The van der Waals surface area contributed by atoms with Crippen molar-refractivity contribution in [2.45, 2.75) is 6.42 Å². The maximum atomic E-state index is 13.3. The molecule has 0 saturated heterocycles. The number of tetrazole rings is 1. The summed E-state index contributed by atoms with van der Waals surface area (Å²) in [6.07, 6.45) is 1.74. The maximum absolute atomic E-state index is 13.3. The number of aromatic nitrogens is 6. The van der Waals surface area contributed by atoms with Gasteiger partial charge in [0.15, 0.2) is 5.82 Å². The fourth-order valence-electron chi connectivity index (χ4n) is 1.93. The van der Waals surface area contributed by atoms with E-state index >= 15 is 0 Å². The van der Waals surface area contributed by atoms with Gasteiger partial charge in [0.25, 0.3) is 0 Å². The molecule has 0 unspecified atom stereocenters. The lowest BCUT2D eigenvalue weighted by atomic mass is 10.2. The number of halogens is 2. The van der Waals surface area contributed by atoms with Gasteiger partial charge in [-0.2, -0.15) is 10.3 Å². The van der Waals surface area contributed by atoms with E-state index in [0.29, 0.717) is 16.5 Å². The van der Waals surface area contributed by atoms with E-state index in [1.807, 2.05) is 0 Å². The van der Waals surface area contributed by atoms with Crippen molar-refractivity contribution in [3.05, 3.63) is 46.1 Å². The molecule has 24 heavy (non-hydrogen) atoms. The van der Waals surface area contributed by atoms with Crippen molar-refractivity contribution in [3.63, 3.8) is 0 Å². The SMILES string of the molecule is N=C(N(O)c1ccc(F)c(Br)c1)n1cc(Cc2nn[nH]n2)c(N)n1. The molecule has 0 spiro atoms. The molecule has 1 aromatic carbocycles. The molecule has 0 fully saturated rings. The van der Waals surface area contributed by atoms with Crippen molar-refractivity contribution in [1.82, 2.24) is 30.4 Å². The monoisotopic (exact) mass is 395 g/mol. The molecule has 3 rings (SSSR count). The van der Waals surface area contributed by atoms with Crippen LogP contribution in [-0.4, -0.2) is 41.6 Å². The smallest absolute Gasteiger partial charge is 0.248 e. The van der Waals surface area contributed by atoms with Crippen LogP contribution in [0.3, 0.4) is 0 Å². The maximum Gasteiger partial charge on any atom is 0.248 e. The Kier molecular flexibility index (Phi) is 4.22. The highest BCUT2D eigenvalue weighted by Crippen LogP contribution is 2.23. The van der Waals surface area contributed by atoms with Crippen LogP contribution in [0.4, 0.5) is 15.9 Å². The van der Waals surface area contributed by atoms with E-state index in [0.717, 1.165) is 10.7 Å². The van der Waals surface area contributed by atoms with Crippen LogP contribution in [0.25, 0.3) is 0 Å². The highest BCUT2D eigenvalue weighted by atomic mass is 79.9. The summed E-state index contributed by atoms with van der Waals surface area (Å²) < 4.78 is 14.5. The molecule has 2 aromatic heterocycles. The third-order valence-corrected chi connectivity index (χ3v) is 3.73. The Bertz CT molecular complexity index is 879. The fourth-order valence-corrected chi connectivity index (χ4v) is 2.30. The summed E-state index contributed by atoms with van der Waals surface area (Å²) in [6, 6.07) is 3.81. The third-order valence-electron chi connectivity index (χ3n) is 3.13. The van der Waals surface area contributed by atoms with Crippen molar-refractivity contribution < 1.29 is 9.60 Å². The average molecular weight is 396 g/mol. The quantitative estimate of drug-likeness (QED) is 0.295. The van der Waals surface area contributed by atoms with Crippen molar-refractivity contribution in [3.8, 4) is 0 Å². The van der Waals surface area contributed by atoms with Crippen LogP contribution in [0.2, 0.25) is 0 Å². The first-order valence-corrected chi connectivity index (χ1v) is 7.34. The lowest BCUT2D eigenvalue weighted by Gasteiger charge is -2.17. The molecule has 0 bridgehead atoms. The number of H-pyrrole nitrogens is 1. The predicted octanol–water partition coefficient (Wildman–Crippen LogP) is 1.15. The molecular weight excluding hydrogens is 385 g/mol. The van der Waals surface area contributed by atoms with E-state index in [1.54, 1.807) is 0 Å². The second-order valence-electron chi connectivity index (χ2n) is 4.72. The Labute approximate surface area is 142 Å². The number of hydrogen-bond acceptors (Lipinski definition) is 7. The first-order valence-electron chi connectivity index (χ1n) is 6.55. The van der Waals surface area contributed by atoms with Crippen LogP contribution in [0.1, 0.15) is 11.4 Å². The largest absolute Gasteiger partial charge is 0.382 e. The Morgan fingerprint density at radius 2 is 2.29 bits per heavy atom. The molecule has 10 nitrogen and oxygen atoms in total. The summed E-state index contributed by atoms with van der Waals surface area (Å²) in [4.78, 5) is 0. The van der Waals surface area contributed by atoms with Gasteiger partial charge in [-0.15, -0.1) is 15.3 Å². The molecule has 0 atom stereocenters. The van der Waals surface area contributed by atoms with Gasteiger partial charge in [0.1, 0.15) is 11.6 Å². The Morgan fingerprint density at radius 1 is 1.50 bits per heavy atom. The zero-order valence-electron chi connectivity index (χ0n) is 12.0. The molecule has 0 aliphatic carbocycles. The van der Waals surface area contributed by atoms with Gasteiger partial charge < -0.3 is 5.73 Å². The number of nitrogens with one attached hydrogen (secondary N) is 2. The molecular formula is C12H11BrFN9O. The van der Waals surface area contributed by atoms with Gasteiger partial charge in [-0.1, -0.05) is 5.21 Å². The number of hydrogen-bond donors (Lipinski definition) is 4. The van der Waals surface area contributed by atoms with Gasteiger partial charge in [0.2, 0.25) is 5.96 Å². The molecule has 5 N–H and O–H groups in total. The minimum Gasteiger partial charge on any atom is -0.382 e.